The first kappa shape index (κ1) is 12.1. The highest BCUT2D eigenvalue weighted by Crippen LogP contribution is 2.18. The van der Waals surface area contributed by atoms with Gasteiger partial charge in [0.25, 0.3) is 0 Å². The summed E-state index contributed by atoms with van der Waals surface area (Å²) < 4.78 is 0. The van der Waals surface area contributed by atoms with Crippen LogP contribution >= 0.6 is 12.4 Å². The second-order valence-corrected chi connectivity index (χ2v) is 4.19. The highest BCUT2D eigenvalue weighted by molar-refractivity contribution is 5.85. The first-order chi connectivity index (χ1) is 7.84. The van der Waals surface area contributed by atoms with Crippen molar-refractivity contribution in [1.29, 1.82) is 0 Å². The van der Waals surface area contributed by atoms with Crippen molar-refractivity contribution in [2.24, 2.45) is 0 Å². The van der Waals surface area contributed by atoms with Crippen LogP contribution in [0.5, 0.6) is 0 Å². The van der Waals surface area contributed by atoms with E-state index in [1.54, 1.807) is 6.20 Å². The van der Waals surface area contributed by atoms with E-state index in [0.29, 0.717) is 6.04 Å². The molecule has 1 aliphatic heterocycles. The van der Waals surface area contributed by atoms with Gasteiger partial charge < -0.3 is 15.2 Å². The predicted octanol–water partition coefficient (Wildman–Crippen LogP) is 1.18. The number of nitrogens with zero attached hydrogens (tertiary/aromatic N) is 3. The third-order valence-electron chi connectivity index (χ3n) is 3.16. The molecule has 0 saturated carbocycles. The van der Waals surface area contributed by atoms with Crippen molar-refractivity contribution in [3.8, 4) is 0 Å². The third-order valence-corrected chi connectivity index (χ3v) is 3.16. The lowest BCUT2D eigenvalue weighted by molar-refractivity contribution is 0.672. The standard InChI is InChI=1S/C11H15N5.ClH/c1-16(8-4-6-12-7-8)11-14-9-3-2-5-13-10(9)15-11;/h2-3,5,8,12H,4,6-7H2,1H3,(H,13,14,15);1H/t8-;/m1./s1. The van der Waals surface area contributed by atoms with E-state index in [4.69, 9.17) is 0 Å². The summed E-state index contributed by atoms with van der Waals surface area (Å²) in [6.45, 7) is 2.12. The normalized spacial score (nSPS) is 19.2. The van der Waals surface area contributed by atoms with Gasteiger partial charge in [-0.1, -0.05) is 0 Å². The zero-order valence-corrected chi connectivity index (χ0v) is 10.5. The lowest BCUT2D eigenvalue weighted by Crippen LogP contribution is -2.34. The average Bonchev–Trinajstić information content (AvgIpc) is 2.97. The maximum absolute atomic E-state index is 4.49. The van der Waals surface area contributed by atoms with Gasteiger partial charge in [-0.25, -0.2) is 4.98 Å². The van der Waals surface area contributed by atoms with E-state index in [9.17, 15) is 0 Å². The zero-order chi connectivity index (χ0) is 11.0. The summed E-state index contributed by atoms with van der Waals surface area (Å²) in [5.41, 5.74) is 1.78. The second kappa shape index (κ2) is 4.89. The maximum atomic E-state index is 4.49. The lowest BCUT2D eigenvalue weighted by atomic mass is 10.2. The molecule has 1 aliphatic rings. The number of anilines is 1. The summed E-state index contributed by atoms with van der Waals surface area (Å²) in [5.74, 6) is 0.905. The fourth-order valence-corrected chi connectivity index (χ4v) is 2.14. The summed E-state index contributed by atoms with van der Waals surface area (Å²) in [4.78, 5) is 14.2. The number of aromatic nitrogens is 3. The predicted molar refractivity (Wildman–Crippen MR) is 70.8 cm³/mol. The molecule has 92 valence electrons. The van der Waals surface area contributed by atoms with Crippen LogP contribution in [0.4, 0.5) is 5.95 Å². The molecule has 2 N–H and O–H groups in total. The van der Waals surface area contributed by atoms with Crippen LogP contribution in [0.3, 0.4) is 0 Å². The monoisotopic (exact) mass is 253 g/mol. The van der Waals surface area contributed by atoms with Crippen molar-refractivity contribution >= 4 is 29.5 Å². The Bertz CT molecular complexity index is 458. The number of imidazole rings is 1. The van der Waals surface area contributed by atoms with Gasteiger partial charge in [0.05, 0.1) is 5.52 Å². The quantitative estimate of drug-likeness (QED) is 0.844. The van der Waals surface area contributed by atoms with Crippen molar-refractivity contribution in [1.82, 2.24) is 20.3 Å². The fourth-order valence-electron chi connectivity index (χ4n) is 2.14. The summed E-state index contributed by atoms with van der Waals surface area (Å²) in [6.07, 6.45) is 2.94. The Morgan fingerprint density at radius 2 is 2.35 bits per heavy atom. The molecule has 0 amide bonds. The van der Waals surface area contributed by atoms with Crippen LogP contribution in [0, 0.1) is 0 Å². The van der Waals surface area contributed by atoms with Gasteiger partial charge in [0.1, 0.15) is 0 Å². The molecule has 17 heavy (non-hydrogen) atoms. The number of halogens is 1. The van der Waals surface area contributed by atoms with Gasteiger partial charge in [0.2, 0.25) is 5.95 Å². The van der Waals surface area contributed by atoms with Crippen LogP contribution in [0.25, 0.3) is 11.2 Å². The Labute approximate surface area is 106 Å². The largest absolute Gasteiger partial charge is 0.341 e. The number of fused-ring (bicyclic) bond motifs is 1. The highest BCUT2D eigenvalue weighted by Gasteiger charge is 2.21. The summed E-state index contributed by atoms with van der Waals surface area (Å²) in [6, 6.07) is 4.45. The minimum atomic E-state index is 0. The number of aromatic amines is 1. The Morgan fingerprint density at radius 1 is 1.47 bits per heavy atom. The molecule has 1 atom stereocenters. The van der Waals surface area contributed by atoms with Crippen LogP contribution in [0.15, 0.2) is 18.3 Å². The van der Waals surface area contributed by atoms with Gasteiger partial charge in [0.15, 0.2) is 5.65 Å². The van der Waals surface area contributed by atoms with Crippen molar-refractivity contribution in [2.75, 3.05) is 25.0 Å². The molecule has 5 nitrogen and oxygen atoms in total. The van der Waals surface area contributed by atoms with Crippen LogP contribution in [0.1, 0.15) is 6.42 Å². The Balaban J connectivity index is 0.00000108. The van der Waals surface area contributed by atoms with E-state index in [0.717, 1.165) is 30.2 Å². The van der Waals surface area contributed by atoms with E-state index in [2.05, 4.69) is 32.2 Å². The molecule has 0 bridgehead atoms. The molecule has 1 saturated heterocycles. The zero-order valence-electron chi connectivity index (χ0n) is 9.68. The molecule has 3 heterocycles. The van der Waals surface area contributed by atoms with Crippen molar-refractivity contribution in [2.45, 2.75) is 12.5 Å². The van der Waals surface area contributed by atoms with Crippen molar-refractivity contribution in [3.63, 3.8) is 0 Å². The van der Waals surface area contributed by atoms with E-state index >= 15 is 0 Å². The maximum Gasteiger partial charge on any atom is 0.205 e. The van der Waals surface area contributed by atoms with Gasteiger partial charge in [-0.05, 0) is 25.1 Å². The molecule has 2 aromatic heterocycles. The van der Waals surface area contributed by atoms with Gasteiger partial charge in [-0.3, -0.25) is 0 Å². The molecular weight excluding hydrogens is 238 g/mol. The molecule has 6 heteroatoms. The number of rotatable bonds is 2. The second-order valence-electron chi connectivity index (χ2n) is 4.19. The van der Waals surface area contributed by atoms with Crippen LogP contribution in [0.2, 0.25) is 0 Å². The molecule has 0 aromatic carbocycles. The summed E-state index contributed by atoms with van der Waals surface area (Å²) in [5, 5.41) is 3.36. The van der Waals surface area contributed by atoms with E-state index in [1.807, 2.05) is 12.1 Å². The Kier molecular flexibility index (Phi) is 3.49. The average molecular weight is 254 g/mol. The molecule has 1 fully saturated rings. The molecular formula is C11H16ClN5. The number of H-pyrrole nitrogens is 1. The molecule has 0 unspecified atom stereocenters. The van der Waals surface area contributed by atoms with Crippen LogP contribution in [-0.2, 0) is 0 Å². The number of pyridine rings is 1. The molecule has 3 rings (SSSR count). The minimum Gasteiger partial charge on any atom is -0.341 e. The highest BCUT2D eigenvalue weighted by atomic mass is 35.5. The van der Waals surface area contributed by atoms with E-state index in [1.165, 1.54) is 6.42 Å². The van der Waals surface area contributed by atoms with Gasteiger partial charge in [-0.15, -0.1) is 12.4 Å². The van der Waals surface area contributed by atoms with Crippen molar-refractivity contribution in [3.05, 3.63) is 18.3 Å². The Hall–Kier alpha value is -1.33. The summed E-state index contributed by atoms with van der Waals surface area (Å²) >= 11 is 0. The molecule has 2 aromatic rings. The summed E-state index contributed by atoms with van der Waals surface area (Å²) in [7, 11) is 2.08. The van der Waals surface area contributed by atoms with Gasteiger partial charge in [-0.2, -0.15) is 4.98 Å². The number of hydrogen-bond donors (Lipinski definition) is 2. The molecule has 0 radical (unpaired) electrons. The fraction of sp³-hybridized carbons (Fsp3) is 0.455. The van der Waals surface area contributed by atoms with Crippen LogP contribution in [-0.4, -0.2) is 41.1 Å². The van der Waals surface area contributed by atoms with E-state index < -0.39 is 0 Å². The number of hydrogen-bond acceptors (Lipinski definition) is 4. The first-order valence-electron chi connectivity index (χ1n) is 5.59. The molecule has 0 aliphatic carbocycles. The topological polar surface area (TPSA) is 56.8 Å². The van der Waals surface area contributed by atoms with Gasteiger partial charge >= 0.3 is 0 Å². The first-order valence-corrected chi connectivity index (χ1v) is 5.59. The van der Waals surface area contributed by atoms with Gasteiger partial charge in [0, 0.05) is 25.8 Å². The lowest BCUT2D eigenvalue weighted by Gasteiger charge is -2.22. The SMILES string of the molecule is CN(c1nc2ncccc2[nH]1)[C@@H]1CCNC1.Cl. The number of nitrogens with one attached hydrogen (secondary N) is 2. The smallest absolute Gasteiger partial charge is 0.205 e. The Morgan fingerprint density at radius 3 is 3.06 bits per heavy atom. The van der Waals surface area contributed by atoms with E-state index in [-0.39, 0.29) is 12.4 Å². The van der Waals surface area contributed by atoms with Crippen LogP contribution < -0.4 is 10.2 Å². The third kappa shape index (κ3) is 2.21. The van der Waals surface area contributed by atoms with Crippen molar-refractivity contribution < 1.29 is 0 Å². The number of likely N-dealkylation sites (N-methyl/N-ethyl adjacent to an activating group) is 1. The minimum absolute atomic E-state index is 0. The molecule has 0 spiro atoms.